The summed E-state index contributed by atoms with van der Waals surface area (Å²) in [5, 5.41) is 14.2. The quantitative estimate of drug-likeness (QED) is 0.709. The number of rotatable bonds is 5. The van der Waals surface area contributed by atoms with Crippen molar-refractivity contribution in [3.8, 4) is 28.7 Å². The summed E-state index contributed by atoms with van der Waals surface area (Å²) in [5.74, 6) is 1.78. The van der Waals surface area contributed by atoms with Crippen LogP contribution in [-0.2, 0) is 12.8 Å². The first-order valence-electron chi connectivity index (χ1n) is 9.01. The van der Waals surface area contributed by atoms with Gasteiger partial charge in [-0.2, -0.15) is 4.98 Å². The Kier molecular flexibility index (Phi) is 5.07. The maximum absolute atomic E-state index is 10.1. The van der Waals surface area contributed by atoms with Crippen LogP contribution >= 0.6 is 0 Å². The van der Waals surface area contributed by atoms with Crippen LogP contribution in [0.4, 0.5) is 0 Å². The van der Waals surface area contributed by atoms with Crippen molar-refractivity contribution in [1.29, 1.82) is 0 Å². The van der Waals surface area contributed by atoms with Crippen molar-refractivity contribution in [2.75, 3.05) is 0 Å². The smallest absolute Gasteiger partial charge is 0.276 e. The SMILES string of the molecule is CCc1cc(-c2noc(-c3cc(C)cc(CC(C)C)n3)n2)cc(C)c1O. The summed E-state index contributed by atoms with van der Waals surface area (Å²) in [6.07, 6.45) is 1.65. The molecule has 0 saturated heterocycles. The van der Waals surface area contributed by atoms with Gasteiger partial charge in [-0.25, -0.2) is 4.98 Å². The molecule has 136 valence electrons. The third kappa shape index (κ3) is 3.77. The molecule has 3 rings (SSSR count). The van der Waals surface area contributed by atoms with Crippen LogP contribution in [0.2, 0.25) is 0 Å². The molecule has 0 saturated carbocycles. The molecule has 0 bridgehead atoms. The molecule has 5 nitrogen and oxygen atoms in total. The minimum atomic E-state index is 0.332. The van der Waals surface area contributed by atoms with E-state index < -0.39 is 0 Å². The third-order valence-corrected chi connectivity index (χ3v) is 4.30. The molecule has 0 aliphatic heterocycles. The van der Waals surface area contributed by atoms with Crippen LogP contribution in [0.25, 0.3) is 23.0 Å². The molecular formula is C21H25N3O2. The van der Waals surface area contributed by atoms with Gasteiger partial charge in [-0.1, -0.05) is 25.9 Å². The van der Waals surface area contributed by atoms with Crippen molar-refractivity contribution >= 4 is 0 Å². The van der Waals surface area contributed by atoms with Gasteiger partial charge in [-0.05, 0) is 73.6 Å². The lowest BCUT2D eigenvalue weighted by atomic mass is 10.0. The highest BCUT2D eigenvalue weighted by atomic mass is 16.5. The average Bonchev–Trinajstić information content (AvgIpc) is 3.06. The first-order chi connectivity index (χ1) is 12.4. The van der Waals surface area contributed by atoms with Crippen molar-refractivity contribution in [2.45, 2.75) is 47.5 Å². The number of benzene rings is 1. The molecule has 0 aliphatic carbocycles. The molecule has 3 aromatic rings. The zero-order chi connectivity index (χ0) is 18.8. The highest BCUT2D eigenvalue weighted by Gasteiger charge is 2.15. The van der Waals surface area contributed by atoms with E-state index in [4.69, 9.17) is 4.52 Å². The molecule has 2 aromatic heterocycles. The lowest BCUT2D eigenvalue weighted by molar-refractivity contribution is 0.430. The number of aromatic hydroxyl groups is 1. The topological polar surface area (TPSA) is 72.0 Å². The molecule has 26 heavy (non-hydrogen) atoms. The maximum Gasteiger partial charge on any atom is 0.276 e. The van der Waals surface area contributed by atoms with E-state index in [1.165, 1.54) is 0 Å². The monoisotopic (exact) mass is 351 g/mol. The number of nitrogens with zero attached hydrogens (tertiary/aromatic N) is 3. The Bertz CT molecular complexity index is 929. The summed E-state index contributed by atoms with van der Waals surface area (Å²) in [7, 11) is 0. The van der Waals surface area contributed by atoms with Crippen LogP contribution in [0.1, 0.15) is 43.2 Å². The molecule has 0 atom stereocenters. The fourth-order valence-electron chi connectivity index (χ4n) is 3.07. The van der Waals surface area contributed by atoms with Crippen molar-refractivity contribution in [3.05, 3.63) is 46.6 Å². The number of aromatic nitrogens is 3. The maximum atomic E-state index is 10.1. The molecule has 0 radical (unpaired) electrons. The van der Waals surface area contributed by atoms with E-state index in [0.29, 0.717) is 29.1 Å². The second-order valence-corrected chi connectivity index (χ2v) is 7.20. The molecule has 0 fully saturated rings. The summed E-state index contributed by atoms with van der Waals surface area (Å²) in [4.78, 5) is 9.22. The van der Waals surface area contributed by atoms with E-state index in [1.807, 2.05) is 39.0 Å². The Balaban J connectivity index is 1.98. The molecular weight excluding hydrogens is 326 g/mol. The van der Waals surface area contributed by atoms with Crippen molar-refractivity contribution in [2.24, 2.45) is 5.92 Å². The van der Waals surface area contributed by atoms with Gasteiger partial charge >= 0.3 is 0 Å². The highest BCUT2D eigenvalue weighted by molar-refractivity contribution is 5.63. The Labute approximate surface area is 154 Å². The summed E-state index contributed by atoms with van der Waals surface area (Å²) < 4.78 is 5.48. The Morgan fingerprint density at radius 1 is 1.08 bits per heavy atom. The van der Waals surface area contributed by atoms with Crippen LogP contribution in [-0.4, -0.2) is 20.2 Å². The highest BCUT2D eigenvalue weighted by Crippen LogP contribution is 2.30. The molecule has 1 aromatic carbocycles. The summed E-state index contributed by atoms with van der Waals surface area (Å²) in [5.41, 5.74) is 5.37. The van der Waals surface area contributed by atoms with E-state index in [2.05, 4.69) is 35.0 Å². The molecule has 0 amide bonds. The largest absolute Gasteiger partial charge is 0.507 e. The number of hydrogen-bond donors (Lipinski definition) is 1. The third-order valence-electron chi connectivity index (χ3n) is 4.30. The summed E-state index contributed by atoms with van der Waals surface area (Å²) >= 11 is 0. The Morgan fingerprint density at radius 3 is 2.54 bits per heavy atom. The Morgan fingerprint density at radius 2 is 1.85 bits per heavy atom. The lowest BCUT2D eigenvalue weighted by Crippen LogP contribution is -1.99. The molecule has 0 spiro atoms. The minimum absolute atomic E-state index is 0.332. The Hall–Kier alpha value is -2.69. The molecule has 0 aliphatic rings. The van der Waals surface area contributed by atoms with Crippen molar-refractivity contribution in [1.82, 2.24) is 15.1 Å². The second kappa shape index (κ2) is 7.28. The average molecular weight is 351 g/mol. The molecule has 2 heterocycles. The van der Waals surface area contributed by atoms with Gasteiger partial charge in [0.15, 0.2) is 0 Å². The zero-order valence-electron chi connectivity index (χ0n) is 16.0. The number of phenolic OH excluding ortho intramolecular Hbond substituents is 1. The van der Waals surface area contributed by atoms with Gasteiger partial charge in [0.25, 0.3) is 5.89 Å². The van der Waals surface area contributed by atoms with E-state index in [1.54, 1.807) is 0 Å². The predicted octanol–water partition coefficient (Wildman–Crippen LogP) is 4.88. The number of phenols is 1. The van der Waals surface area contributed by atoms with Gasteiger partial charge in [0, 0.05) is 11.3 Å². The van der Waals surface area contributed by atoms with Gasteiger partial charge in [-0.15, -0.1) is 0 Å². The van der Waals surface area contributed by atoms with Gasteiger partial charge < -0.3 is 9.63 Å². The molecule has 5 heteroatoms. The fourth-order valence-corrected chi connectivity index (χ4v) is 3.07. The minimum Gasteiger partial charge on any atom is -0.507 e. The van der Waals surface area contributed by atoms with Gasteiger partial charge in [0.1, 0.15) is 11.4 Å². The standard InChI is InChI=1S/C21H25N3O2/c1-6-15-11-16(10-14(5)19(15)25)20-23-21(26-24-20)18-9-13(4)8-17(22-18)7-12(2)3/h8-12,25H,6-7H2,1-5H3. The summed E-state index contributed by atoms with van der Waals surface area (Å²) in [6.45, 7) is 10.3. The normalized spacial score (nSPS) is 11.3. The number of aryl methyl sites for hydroxylation is 3. The number of hydrogen-bond acceptors (Lipinski definition) is 5. The van der Waals surface area contributed by atoms with Crippen LogP contribution in [0.5, 0.6) is 5.75 Å². The first kappa shape index (κ1) is 18.1. The van der Waals surface area contributed by atoms with Crippen LogP contribution in [0.15, 0.2) is 28.8 Å². The van der Waals surface area contributed by atoms with Crippen LogP contribution in [0.3, 0.4) is 0 Å². The van der Waals surface area contributed by atoms with Crippen LogP contribution in [0, 0.1) is 19.8 Å². The van der Waals surface area contributed by atoms with E-state index in [-0.39, 0.29) is 0 Å². The van der Waals surface area contributed by atoms with E-state index in [9.17, 15) is 5.11 Å². The van der Waals surface area contributed by atoms with Gasteiger partial charge in [0.2, 0.25) is 5.82 Å². The van der Waals surface area contributed by atoms with Crippen LogP contribution < -0.4 is 0 Å². The first-order valence-corrected chi connectivity index (χ1v) is 9.01. The van der Waals surface area contributed by atoms with Gasteiger partial charge in [0.05, 0.1) is 0 Å². The van der Waals surface area contributed by atoms with Crippen molar-refractivity contribution in [3.63, 3.8) is 0 Å². The molecule has 1 N–H and O–H groups in total. The fraction of sp³-hybridized carbons (Fsp3) is 0.381. The predicted molar refractivity (Wildman–Crippen MR) is 102 cm³/mol. The number of pyridine rings is 1. The zero-order valence-corrected chi connectivity index (χ0v) is 16.0. The van der Waals surface area contributed by atoms with Gasteiger partial charge in [-0.3, -0.25) is 0 Å². The van der Waals surface area contributed by atoms with E-state index >= 15 is 0 Å². The second-order valence-electron chi connectivity index (χ2n) is 7.20. The van der Waals surface area contributed by atoms with Crippen molar-refractivity contribution < 1.29 is 9.63 Å². The molecule has 0 unspecified atom stereocenters. The van der Waals surface area contributed by atoms with E-state index in [0.717, 1.165) is 40.8 Å². The lowest BCUT2D eigenvalue weighted by Gasteiger charge is -2.07. The summed E-state index contributed by atoms with van der Waals surface area (Å²) in [6, 6.07) is 7.83.